The number of hydrogen-bond acceptors (Lipinski definition) is 5. The van der Waals surface area contributed by atoms with Gasteiger partial charge >= 0.3 is 0 Å². The third kappa shape index (κ3) is 4.53. The number of hydrogen-bond donors (Lipinski definition) is 1. The molecular formula is C17H24N4O2. The minimum absolute atomic E-state index is 0.313. The van der Waals surface area contributed by atoms with E-state index in [2.05, 4.69) is 32.2 Å². The van der Waals surface area contributed by atoms with Crippen molar-refractivity contribution in [1.82, 2.24) is 20.1 Å². The maximum Gasteiger partial charge on any atom is 0.164 e. The molecule has 1 aliphatic heterocycles. The largest absolute Gasteiger partial charge is 0.497 e. The standard InChI is InChI=1S/C17H24N4O2/c1-13-18-17(20-19-13)12-21(11-16-4-3-9-23-16)10-14-5-7-15(22-2)8-6-14/h5-8,16H,3-4,9-12H2,1-2H3,(H,18,19,20)/t16-/m1/s1. The van der Waals surface area contributed by atoms with Crippen LogP contribution in [0.4, 0.5) is 0 Å². The molecule has 1 aliphatic rings. The summed E-state index contributed by atoms with van der Waals surface area (Å²) in [4.78, 5) is 6.77. The third-order valence-corrected chi connectivity index (χ3v) is 4.06. The van der Waals surface area contributed by atoms with Crippen LogP contribution in [0.3, 0.4) is 0 Å². The molecule has 2 aromatic rings. The molecule has 1 saturated heterocycles. The van der Waals surface area contributed by atoms with Gasteiger partial charge in [0.15, 0.2) is 5.82 Å². The smallest absolute Gasteiger partial charge is 0.164 e. The molecule has 0 saturated carbocycles. The Kier molecular flexibility index (Phi) is 5.25. The highest BCUT2D eigenvalue weighted by atomic mass is 16.5. The molecule has 1 fully saturated rings. The van der Waals surface area contributed by atoms with Gasteiger partial charge < -0.3 is 9.47 Å². The number of benzene rings is 1. The van der Waals surface area contributed by atoms with Crippen LogP contribution in [-0.4, -0.2) is 46.4 Å². The highest BCUT2D eigenvalue weighted by Gasteiger charge is 2.20. The van der Waals surface area contributed by atoms with Crippen molar-refractivity contribution in [3.05, 3.63) is 41.5 Å². The summed E-state index contributed by atoms with van der Waals surface area (Å²) in [7, 11) is 1.68. The van der Waals surface area contributed by atoms with E-state index in [-0.39, 0.29) is 0 Å². The number of H-pyrrole nitrogens is 1. The molecule has 0 bridgehead atoms. The fraction of sp³-hybridized carbons (Fsp3) is 0.529. The summed E-state index contributed by atoms with van der Waals surface area (Å²) in [6.07, 6.45) is 2.60. The Labute approximate surface area is 136 Å². The lowest BCUT2D eigenvalue weighted by molar-refractivity contribution is 0.0670. The molecule has 6 heteroatoms. The van der Waals surface area contributed by atoms with Crippen LogP contribution in [-0.2, 0) is 17.8 Å². The molecule has 6 nitrogen and oxygen atoms in total. The normalized spacial score (nSPS) is 17.8. The quantitative estimate of drug-likeness (QED) is 0.849. The van der Waals surface area contributed by atoms with Crippen LogP contribution < -0.4 is 4.74 Å². The lowest BCUT2D eigenvalue weighted by Crippen LogP contribution is -2.31. The van der Waals surface area contributed by atoms with Gasteiger partial charge in [-0.2, -0.15) is 5.10 Å². The maximum atomic E-state index is 5.79. The second-order valence-electron chi connectivity index (χ2n) is 5.99. The van der Waals surface area contributed by atoms with Gasteiger partial charge in [0.25, 0.3) is 0 Å². The van der Waals surface area contributed by atoms with E-state index in [1.807, 2.05) is 19.1 Å². The summed E-state index contributed by atoms with van der Waals surface area (Å²) >= 11 is 0. The van der Waals surface area contributed by atoms with Gasteiger partial charge in [0.2, 0.25) is 0 Å². The molecule has 0 spiro atoms. The zero-order valence-electron chi connectivity index (χ0n) is 13.8. The van der Waals surface area contributed by atoms with Crippen molar-refractivity contribution in [2.24, 2.45) is 0 Å². The number of aryl methyl sites for hydroxylation is 1. The van der Waals surface area contributed by atoms with Gasteiger partial charge in [0, 0.05) is 19.7 Å². The first-order chi connectivity index (χ1) is 11.2. The van der Waals surface area contributed by atoms with E-state index in [0.717, 1.165) is 56.5 Å². The van der Waals surface area contributed by atoms with Crippen molar-refractivity contribution in [2.75, 3.05) is 20.3 Å². The van der Waals surface area contributed by atoms with Crippen molar-refractivity contribution in [2.45, 2.75) is 39.0 Å². The minimum Gasteiger partial charge on any atom is -0.497 e. The lowest BCUT2D eigenvalue weighted by Gasteiger charge is -2.24. The van der Waals surface area contributed by atoms with Crippen molar-refractivity contribution < 1.29 is 9.47 Å². The van der Waals surface area contributed by atoms with E-state index in [4.69, 9.17) is 9.47 Å². The Morgan fingerprint density at radius 2 is 2.13 bits per heavy atom. The minimum atomic E-state index is 0.313. The number of methoxy groups -OCH3 is 1. The molecule has 2 heterocycles. The number of rotatable bonds is 7. The summed E-state index contributed by atoms with van der Waals surface area (Å²) in [5, 5.41) is 7.17. The van der Waals surface area contributed by atoms with E-state index in [1.54, 1.807) is 7.11 Å². The topological polar surface area (TPSA) is 63.3 Å². The van der Waals surface area contributed by atoms with Crippen LogP contribution in [0, 0.1) is 6.92 Å². The van der Waals surface area contributed by atoms with Gasteiger partial charge in [0.1, 0.15) is 11.6 Å². The van der Waals surface area contributed by atoms with Crippen molar-refractivity contribution in [1.29, 1.82) is 0 Å². The SMILES string of the molecule is COc1ccc(CN(Cc2n[nH]c(C)n2)C[C@H]2CCCO2)cc1. The van der Waals surface area contributed by atoms with Gasteiger partial charge in [-0.3, -0.25) is 10.00 Å². The summed E-state index contributed by atoms with van der Waals surface area (Å²) in [6.45, 7) is 5.26. The molecule has 1 atom stereocenters. The fourth-order valence-corrected chi connectivity index (χ4v) is 2.91. The molecule has 0 radical (unpaired) electrons. The average Bonchev–Trinajstić information content (AvgIpc) is 3.20. The van der Waals surface area contributed by atoms with Crippen LogP contribution in [0.5, 0.6) is 5.75 Å². The second kappa shape index (κ2) is 7.57. The van der Waals surface area contributed by atoms with Crippen molar-refractivity contribution >= 4 is 0 Å². The van der Waals surface area contributed by atoms with Crippen molar-refractivity contribution in [3.63, 3.8) is 0 Å². The third-order valence-electron chi connectivity index (χ3n) is 4.06. The summed E-state index contributed by atoms with van der Waals surface area (Å²) in [6, 6.07) is 8.20. The average molecular weight is 316 g/mol. The van der Waals surface area contributed by atoms with E-state index in [1.165, 1.54) is 5.56 Å². The predicted octanol–water partition coefficient (Wildman–Crippen LogP) is 2.30. The highest BCUT2D eigenvalue weighted by Crippen LogP contribution is 2.18. The zero-order valence-corrected chi connectivity index (χ0v) is 13.8. The molecule has 0 amide bonds. The van der Waals surface area contributed by atoms with Gasteiger partial charge in [-0.05, 0) is 37.5 Å². The number of aromatic amines is 1. The summed E-state index contributed by atoms with van der Waals surface area (Å²) in [5.41, 5.74) is 1.25. The van der Waals surface area contributed by atoms with Gasteiger partial charge in [0.05, 0.1) is 19.8 Å². The Bertz CT molecular complexity index is 605. The molecule has 0 aliphatic carbocycles. The molecular weight excluding hydrogens is 292 g/mol. The zero-order chi connectivity index (χ0) is 16.1. The fourth-order valence-electron chi connectivity index (χ4n) is 2.91. The first kappa shape index (κ1) is 16.0. The number of nitrogens with zero attached hydrogens (tertiary/aromatic N) is 3. The van der Waals surface area contributed by atoms with Gasteiger partial charge in [-0.1, -0.05) is 12.1 Å². The van der Waals surface area contributed by atoms with Crippen LogP contribution in [0.25, 0.3) is 0 Å². The molecule has 1 N–H and O–H groups in total. The number of ether oxygens (including phenoxy) is 2. The monoisotopic (exact) mass is 316 g/mol. The van der Waals surface area contributed by atoms with E-state index in [0.29, 0.717) is 6.10 Å². The molecule has 124 valence electrons. The Morgan fingerprint density at radius 1 is 1.30 bits per heavy atom. The van der Waals surface area contributed by atoms with Crippen LogP contribution in [0.1, 0.15) is 30.1 Å². The highest BCUT2D eigenvalue weighted by molar-refractivity contribution is 5.27. The Balaban J connectivity index is 1.67. The van der Waals surface area contributed by atoms with Gasteiger partial charge in [-0.15, -0.1) is 0 Å². The van der Waals surface area contributed by atoms with Crippen LogP contribution >= 0.6 is 0 Å². The number of aromatic nitrogens is 3. The van der Waals surface area contributed by atoms with Gasteiger partial charge in [-0.25, -0.2) is 4.98 Å². The number of nitrogens with one attached hydrogen (secondary N) is 1. The maximum absolute atomic E-state index is 5.79. The molecule has 1 aromatic heterocycles. The Hall–Kier alpha value is -1.92. The lowest BCUT2D eigenvalue weighted by atomic mass is 10.1. The molecule has 3 rings (SSSR count). The van der Waals surface area contributed by atoms with E-state index >= 15 is 0 Å². The summed E-state index contributed by atoms with van der Waals surface area (Å²) < 4.78 is 11.0. The summed E-state index contributed by atoms with van der Waals surface area (Å²) in [5.74, 6) is 2.56. The molecule has 23 heavy (non-hydrogen) atoms. The first-order valence-electron chi connectivity index (χ1n) is 8.07. The van der Waals surface area contributed by atoms with E-state index in [9.17, 15) is 0 Å². The van der Waals surface area contributed by atoms with Crippen molar-refractivity contribution in [3.8, 4) is 5.75 Å². The van der Waals surface area contributed by atoms with E-state index < -0.39 is 0 Å². The first-order valence-corrected chi connectivity index (χ1v) is 8.07. The van der Waals surface area contributed by atoms with Crippen LogP contribution in [0.15, 0.2) is 24.3 Å². The molecule has 1 aromatic carbocycles. The predicted molar refractivity (Wildman–Crippen MR) is 87.2 cm³/mol. The van der Waals surface area contributed by atoms with Crippen LogP contribution in [0.2, 0.25) is 0 Å². The second-order valence-corrected chi connectivity index (χ2v) is 5.99. The molecule has 0 unspecified atom stereocenters. The Morgan fingerprint density at radius 3 is 2.74 bits per heavy atom.